The predicted octanol–water partition coefficient (Wildman–Crippen LogP) is 1.71. The Morgan fingerprint density at radius 3 is 2.90 bits per heavy atom. The van der Waals surface area contributed by atoms with Gasteiger partial charge in [-0.1, -0.05) is 15.9 Å². The molecule has 1 aliphatic rings. The average molecular weight is 356 g/mol. The van der Waals surface area contributed by atoms with Crippen LogP contribution >= 0.6 is 15.9 Å². The van der Waals surface area contributed by atoms with E-state index in [0.717, 1.165) is 30.4 Å². The molecule has 0 unspecified atom stereocenters. The summed E-state index contributed by atoms with van der Waals surface area (Å²) < 4.78 is 5.80. The molecule has 7 heteroatoms. The molecule has 1 amide bonds. The number of phenolic OH excluding ortho intramolecular Hbond substituents is 1. The molecule has 0 spiro atoms. The summed E-state index contributed by atoms with van der Waals surface area (Å²) in [5, 5.41) is 13.8. The van der Waals surface area contributed by atoms with E-state index >= 15 is 0 Å². The fourth-order valence-corrected chi connectivity index (χ4v) is 2.66. The first-order chi connectivity index (χ1) is 10.1. The standard InChI is InChI=1S/C14H18BrN3O3/c1-21-12-7-11(15)6-10(14(12)20)8-16-17-13(19)9-18-4-2-3-5-18/h6-8,20H,2-5,9H2,1H3,(H,17,19). The van der Waals surface area contributed by atoms with E-state index in [1.165, 1.54) is 13.3 Å². The second-order valence-corrected chi connectivity index (χ2v) is 5.74. The number of carbonyl (C=O) groups is 1. The van der Waals surface area contributed by atoms with Gasteiger partial charge in [-0.3, -0.25) is 9.69 Å². The van der Waals surface area contributed by atoms with Gasteiger partial charge in [-0.15, -0.1) is 0 Å². The number of benzene rings is 1. The maximum Gasteiger partial charge on any atom is 0.254 e. The van der Waals surface area contributed by atoms with Crippen molar-refractivity contribution in [2.24, 2.45) is 5.10 Å². The van der Waals surface area contributed by atoms with Gasteiger partial charge < -0.3 is 9.84 Å². The van der Waals surface area contributed by atoms with E-state index in [2.05, 4.69) is 31.4 Å². The Labute approximate surface area is 131 Å². The van der Waals surface area contributed by atoms with Crippen molar-refractivity contribution in [1.82, 2.24) is 10.3 Å². The molecule has 2 rings (SSSR count). The molecule has 0 radical (unpaired) electrons. The van der Waals surface area contributed by atoms with Crippen molar-refractivity contribution < 1.29 is 14.6 Å². The lowest BCUT2D eigenvalue weighted by Gasteiger charge is -2.12. The number of amides is 1. The molecule has 1 aliphatic heterocycles. The molecular formula is C14H18BrN3O3. The second-order valence-electron chi connectivity index (χ2n) is 4.82. The third kappa shape index (κ3) is 4.44. The number of methoxy groups -OCH3 is 1. The Kier molecular flexibility index (Phi) is 5.58. The molecule has 0 aliphatic carbocycles. The third-order valence-corrected chi connectivity index (χ3v) is 3.71. The van der Waals surface area contributed by atoms with Gasteiger partial charge in [0.1, 0.15) is 0 Å². The number of phenols is 1. The van der Waals surface area contributed by atoms with Crippen molar-refractivity contribution >= 4 is 28.1 Å². The molecule has 1 aromatic rings. The zero-order valence-electron chi connectivity index (χ0n) is 11.8. The molecule has 0 aromatic heterocycles. The van der Waals surface area contributed by atoms with E-state index in [-0.39, 0.29) is 11.7 Å². The van der Waals surface area contributed by atoms with Gasteiger partial charge in [0.15, 0.2) is 11.5 Å². The zero-order valence-corrected chi connectivity index (χ0v) is 13.4. The van der Waals surface area contributed by atoms with Crippen LogP contribution < -0.4 is 10.2 Å². The first-order valence-corrected chi connectivity index (χ1v) is 7.50. The highest BCUT2D eigenvalue weighted by Gasteiger charge is 2.14. The Bertz CT molecular complexity index is 543. The topological polar surface area (TPSA) is 74.2 Å². The average Bonchev–Trinajstić information content (AvgIpc) is 2.95. The van der Waals surface area contributed by atoms with Gasteiger partial charge in [0.2, 0.25) is 0 Å². The van der Waals surface area contributed by atoms with Crippen LogP contribution in [-0.4, -0.2) is 48.9 Å². The van der Waals surface area contributed by atoms with Gasteiger partial charge in [0.25, 0.3) is 5.91 Å². The smallest absolute Gasteiger partial charge is 0.254 e. The predicted molar refractivity (Wildman–Crippen MR) is 83.8 cm³/mol. The number of carbonyl (C=O) groups excluding carboxylic acids is 1. The minimum atomic E-state index is -0.158. The van der Waals surface area contributed by atoms with Gasteiger partial charge in [-0.25, -0.2) is 5.43 Å². The fraction of sp³-hybridized carbons (Fsp3) is 0.429. The largest absolute Gasteiger partial charge is 0.504 e. The minimum Gasteiger partial charge on any atom is -0.504 e. The SMILES string of the molecule is COc1cc(Br)cc(C=NNC(=O)CN2CCCC2)c1O. The number of rotatable bonds is 5. The number of nitrogens with zero attached hydrogens (tertiary/aromatic N) is 2. The molecule has 6 nitrogen and oxygen atoms in total. The summed E-state index contributed by atoms with van der Waals surface area (Å²) >= 11 is 3.32. The van der Waals surface area contributed by atoms with E-state index in [1.807, 2.05) is 0 Å². The summed E-state index contributed by atoms with van der Waals surface area (Å²) in [6.45, 7) is 2.27. The molecule has 21 heavy (non-hydrogen) atoms. The molecule has 2 N–H and O–H groups in total. The highest BCUT2D eigenvalue weighted by Crippen LogP contribution is 2.32. The molecule has 0 saturated carbocycles. The lowest BCUT2D eigenvalue weighted by Crippen LogP contribution is -2.33. The van der Waals surface area contributed by atoms with E-state index in [9.17, 15) is 9.90 Å². The summed E-state index contributed by atoms with van der Waals surface area (Å²) in [5.41, 5.74) is 2.92. The lowest BCUT2D eigenvalue weighted by molar-refractivity contribution is -0.121. The molecule has 1 saturated heterocycles. The zero-order chi connectivity index (χ0) is 15.2. The molecule has 0 atom stereocenters. The van der Waals surface area contributed by atoms with Crippen LogP contribution in [0.1, 0.15) is 18.4 Å². The summed E-state index contributed by atoms with van der Waals surface area (Å²) in [6, 6.07) is 3.34. The molecule has 1 aromatic carbocycles. The summed E-state index contributed by atoms with van der Waals surface area (Å²) in [4.78, 5) is 13.8. The quantitative estimate of drug-likeness (QED) is 0.622. The normalized spacial score (nSPS) is 15.5. The van der Waals surface area contributed by atoms with Crippen molar-refractivity contribution in [3.8, 4) is 11.5 Å². The van der Waals surface area contributed by atoms with Gasteiger partial charge in [-0.2, -0.15) is 5.10 Å². The van der Waals surface area contributed by atoms with E-state index in [4.69, 9.17) is 4.74 Å². The molecule has 1 fully saturated rings. The van der Waals surface area contributed by atoms with E-state index in [0.29, 0.717) is 17.9 Å². The number of hydrogen-bond donors (Lipinski definition) is 2. The number of hydrogen-bond acceptors (Lipinski definition) is 5. The lowest BCUT2D eigenvalue weighted by atomic mass is 10.2. The van der Waals surface area contributed by atoms with Crippen LogP contribution in [0.25, 0.3) is 0 Å². The number of hydrazone groups is 1. The first kappa shape index (κ1) is 15.8. The highest BCUT2D eigenvalue weighted by atomic mass is 79.9. The highest BCUT2D eigenvalue weighted by molar-refractivity contribution is 9.10. The summed E-state index contributed by atoms with van der Waals surface area (Å²) in [5.74, 6) is 0.169. The number of likely N-dealkylation sites (tertiary alicyclic amines) is 1. The molecule has 114 valence electrons. The second kappa shape index (κ2) is 7.42. The van der Waals surface area contributed by atoms with Crippen LogP contribution in [0.3, 0.4) is 0 Å². The van der Waals surface area contributed by atoms with Crippen LogP contribution in [-0.2, 0) is 4.79 Å². The third-order valence-electron chi connectivity index (χ3n) is 3.25. The Hall–Kier alpha value is -1.60. The van der Waals surface area contributed by atoms with Crippen molar-refractivity contribution in [2.45, 2.75) is 12.8 Å². The van der Waals surface area contributed by atoms with Gasteiger partial charge in [-0.05, 0) is 38.1 Å². The Balaban J connectivity index is 1.94. The van der Waals surface area contributed by atoms with Crippen LogP contribution in [0, 0.1) is 0 Å². The molecular weight excluding hydrogens is 338 g/mol. The van der Waals surface area contributed by atoms with Gasteiger partial charge >= 0.3 is 0 Å². The van der Waals surface area contributed by atoms with Crippen molar-refractivity contribution in [3.63, 3.8) is 0 Å². The van der Waals surface area contributed by atoms with Crippen LogP contribution in [0.15, 0.2) is 21.7 Å². The van der Waals surface area contributed by atoms with Crippen molar-refractivity contribution in [3.05, 3.63) is 22.2 Å². The van der Waals surface area contributed by atoms with Gasteiger partial charge in [0.05, 0.1) is 19.9 Å². The number of ether oxygens (including phenoxy) is 1. The monoisotopic (exact) mass is 355 g/mol. The summed E-state index contributed by atoms with van der Waals surface area (Å²) in [7, 11) is 1.47. The molecule has 1 heterocycles. The number of nitrogens with one attached hydrogen (secondary N) is 1. The summed E-state index contributed by atoms with van der Waals surface area (Å²) in [6.07, 6.45) is 3.68. The van der Waals surface area contributed by atoms with Crippen LogP contribution in [0.5, 0.6) is 11.5 Å². The van der Waals surface area contributed by atoms with Crippen molar-refractivity contribution in [1.29, 1.82) is 0 Å². The number of halogens is 1. The van der Waals surface area contributed by atoms with E-state index < -0.39 is 0 Å². The van der Waals surface area contributed by atoms with Crippen molar-refractivity contribution in [2.75, 3.05) is 26.7 Å². The Morgan fingerprint density at radius 1 is 1.52 bits per heavy atom. The van der Waals surface area contributed by atoms with Crippen LogP contribution in [0.2, 0.25) is 0 Å². The number of aromatic hydroxyl groups is 1. The van der Waals surface area contributed by atoms with Crippen LogP contribution in [0.4, 0.5) is 0 Å². The fourth-order valence-electron chi connectivity index (χ4n) is 2.20. The maximum absolute atomic E-state index is 11.7. The van der Waals surface area contributed by atoms with Gasteiger partial charge in [0, 0.05) is 10.0 Å². The minimum absolute atomic E-state index is 0.0155. The molecule has 0 bridgehead atoms. The Morgan fingerprint density at radius 2 is 2.24 bits per heavy atom. The first-order valence-electron chi connectivity index (χ1n) is 6.71. The van der Waals surface area contributed by atoms with E-state index in [1.54, 1.807) is 12.1 Å². The maximum atomic E-state index is 11.7.